The summed E-state index contributed by atoms with van der Waals surface area (Å²) in [5.41, 5.74) is 3.85. The van der Waals surface area contributed by atoms with E-state index in [0.717, 1.165) is 0 Å². The van der Waals surface area contributed by atoms with Crippen LogP contribution in [-0.4, -0.2) is 52.0 Å². The molecule has 5 N–H and O–H groups in total. The highest BCUT2D eigenvalue weighted by Crippen LogP contribution is 2.34. The topological polar surface area (TPSA) is 110 Å². The van der Waals surface area contributed by atoms with Crippen LogP contribution in [0.5, 0.6) is 11.5 Å². The van der Waals surface area contributed by atoms with E-state index in [9.17, 15) is 15.3 Å². The molecule has 0 saturated carbocycles. The molecule has 0 amide bonds. The van der Waals surface area contributed by atoms with E-state index in [1.165, 1.54) is 7.11 Å². The zero-order chi connectivity index (χ0) is 17.4. The van der Waals surface area contributed by atoms with E-state index in [0.29, 0.717) is 14.7 Å². The van der Waals surface area contributed by atoms with Gasteiger partial charge in [-0.15, -0.1) is 5.73 Å². The van der Waals surface area contributed by atoms with Crippen molar-refractivity contribution >= 4 is 22.6 Å². The number of phenols is 1. The number of phenolic OH excluding ortho intramolecular Hbond substituents is 1. The molecule has 0 aliphatic rings. The minimum absolute atomic E-state index is 0.0278. The minimum Gasteiger partial charge on any atom is -0.504 e. The molecule has 128 valence electrons. The van der Waals surface area contributed by atoms with Crippen molar-refractivity contribution < 1.29 is 30.3 Å². The average Bonchev–Trinajstić information content (AvgIpc) is 2.55. The molecule has 23 heavy (non-hydrogen) atoms. The van der Waals surface area contributed by atoms with Crippen LogP contribution in [0.15, 0.2) is 29.5 Å². The lowest BCUT2D eigenvalue weighted by Gasteiger charge is -2.12. The van der Waals surface area contributed by atoms with Crippen LogP contribution in [0.1, 0.15) is 24.5 Å². The Hall–Kier alpha value is -1.09. The van der Waals surface area contributed by atoms with Crippen molar-refractivity contribution in [2.24, 2.45) is 0 Å². The van der Waals surface area contributed by atoms with Gasteiger partial charge in [-0.25, -0.2) is 0 Å². The van der Waals surface area contributed by atoms with Gasteiger partial charge in [0, 0.05) is 12.8 Å². The molecule has 6 nitrogen and oxygen atoms in total. The van der Waals surface area contributed by atoms with Crippen molar-refractivity contribution in [3.63, 3.8) is 0 Å². The van der Waals surface area contributed by atoms with E-state index in [1.54, 1.807) is 18.2 Å². The SMILES string of the molecule is COc1cc([C@H](O)CC=C=C(CO)C[C@@H](O)CO)cc(I)c1O. The number of methoxy groups -OCH3 is 1. The summed E-state index contributed by atoms with van der Waals surface area (Å²) >= 11 is 1.95. The third kappa shape index (κ3) is 6.14. The van der Waals surface area contributed by atoms with Gasteiger partial charge in [-0.3, -0.25) is 0 Å². The van der Waals surface area contributed by atoms with Gasteiger partial charge >= 0.3 is 0 Å². The van der Waals surface area contributed by atoms with Gasteiger partial charge < -0.3 is 30.3 Å². The van der Waals surface area contributed by atoms with Crippen LogP contribution >= 0.6 is 22.6 Å². The van der Waals surface area contributed by atoms with E-state index in [1.807, 2.05) is 22.6 Å². The number of ether oxygens (including phenoxy) is 1. The van der Waals surface area contributed by atoms with Crippen LogP contribution in [0.4, 0.5) is 0 Å². The van der Waals surface area contributed by atoms with Crippen LogP contribution < -0.4 is 4.74 Å². The largest absolute Gasteiger partial charge is 0.504 e. The van der Waals surface area contributed by atoms with Gasteiger partial charge in [0.05, 0.1) is 36.1 Å². The van der Waals surface area contributed by atoms with Crippen molar-refractivity contribution in [3.8, 4) is 11.5 Å². The summed E-state index contributed by atoms with van der Waals surface area (Å²) in [7, 11) is 1.43. The van der Waals surface area contributed by atoms with Gasteiger partial charge in [0.2, 0.25) is 0 Å². The molecule has 0 fully saturated rings. The fourth-order valence-corrected chi connectivity index (χ4v) is 2.54. The summed E-state index contributed by atoms with van der Waals surface area (Å²) in [6, 6.07) is 3.21. The Morgan fingerprint density at radius 1 is 1.35 bits per heavy atom. The Labute approximate surface area is 148 Å². The maximum atomic E-state index is 10.2. The first-order valence-corrected chi connectivity index (χ1v) is 8.07. The molecule has 1 aromatic rings. The quantitative estimate of drug-likeness (QED) is 0.310. The van der Waals surface area contributed by atoms with Gasteiger partial charge in [0.15, 0.2) is 11.5 Å². The molecule has 0 spiro atoms. The second kappa shape index (κ2) is 9.92. The zero-order valence-corrected chi connectivity index (χ0v) is 14.9. The average molecular weight is 436 g/mol. The molecule has 1 aromatic carbocycles. The van der Waals surface area contributed by atoms with E-state index < -0.39 is 12.2 Å². The van der Waals surface area contributed by atoms with Crippen LogP contribution in [0, 0.1) is 3.57 Å². The van der Waals surface area contributed by atoms with Crippen molar-refractivity contribution in [3.05, 3.63) is 38.6 Å². The lowest BCUT2D eigenvalue weighted by molar-refractivity contribution is 0.0930. The number of halogens is 1. The Morgan fingerprint density at radius 2 is 2.04 bits per heavy atom. The van der Waals surface area contributed by atoms with Gasteiger partial charge in [0.1, 0.15) is 0 Å². The molecule has 0 radical (unpaired) electrons. The van der Waals surface area contributed by atoms with Gasteiger partial charge in [-0.2, -0.15) is 0 Å². The second-order valence-electron chi connectivity index (χ2n) is 4.96. The third-order valence-electron chi connectivity index (χ3n) is 3.19. The van der Waals surface area contributed by atoms with E-state index in [-0.39, 0.29) is 37.6 Å². The second-order valence-corrected chi connectivity index (χ2v) is 6.12. The van der Waals surface area contributed by atoms with Gasteiger partial charge in [-0.05, 0) is 51.9 Å². The molecular weight excluding hydrogens is 415 g/mol. The molecule has 0 bridgehead atoms. The predicted molar refractivity (Wildman–Crippen MR) is 93.3 cm³/mol. The Bertz CT molecular complexity index is 580. The molecule has 0 heterocycles. The van der Waals surface area contributed by atoms with Crippen molar-refractivity contribution in [2.75, 3.05) is 20.3 Å². The number of benzene rings is 1. The van der Waals surface area contributed by atoms with Crippen molar-refractivity contribution in [1.29, 1.82) is 0 Å². The normalized spacial score (nSPS) is 13.1. The molecule has 0 unspecified atom stereocenters. The van der Waals surface area contributed by atoms with Crippen molar-refractivity contribution in [2.45, 2.75) is 25.0 Å². The number of hydrogen-bond donors (Lipinski definition) is 5. The molecule has 0 aliphatic carbocycles. The summed E-state index contributed by atoms with van der Waals surface area (Å²) < 4.78 is 5.62. The number of hydrogen-bond acceptors (Lipinski definition) is 6. The van der Waals surface area contributed by atoms with Crippen LogP contribution in [0.3, 0.4) is 0 Å². The third-order valence-corrected chi connectivity index (χ3v) is 4.01. The highest BCUT2D eigenvalue weighted by molar-refractivity contribution is 14.1. The smallest absolute Gasteiger partial charge is 0.171 e. The Balaban J connectivity index is 2.85. The summed E-state index contributed by atoms with van der Waals surface area (Å²) in [5, 5.41) is 47.3. The maximum Gasteiger partial charge on any atom is 0.171 e. The van der Waals surface area contributed by atoms with Crippen molar-refractivity contribution in [1.82, 2.24) is 0 Å². The molecule has 2 atom stereocenters. The number of aromatic hydroxyl groups is 1. The van der Waals surface area contributed by atoms with E-state index in [2.05, 4.69) is 5.73 Å². The van der Waals surface area contributed by atoms with Gasteiger partial charge in [0.25, 0.3) is 0 Å². The molecule has 1 rings (SSSR count). The zero-order valence-electron chi connectivity index (χ0n) is 12.7. The molecule has 7 heteroatoms. The first-order chi connectivity index (χ1) is 10.9. The number of aliphatic hydroxyl groups is 4. The fourth-order valence-electron chi connectivity index (χ4n) is 1.91. The lowest BCUT2D eigenvalue weighted by atomic mass is 10.1. The first-order valence-electron chi connectivity index (χ1n) is 7.00. The summed E-state index contributed by atoms with van der Waals surface area (Å²) in [5.74, 6) is 0.313. The Morgan fingerprint density at radius 3 is 2.61 bits per heavy atom. The molecule has 0 aromatic heterocycles. The Kier molecular flexibility index (Phi) is 8.60. The number of aliphatic hydroxyl groups excluding tert-OH is 4. The first kappa shape index (κ1) is 20.0. The molecular formula is C16H21IO6. The van der Waals surface area contributed by atoms with Crippen LogP contribution in [0.2, 0.25) is 0 Å². The van der Waals surface area contributed by atoms with E-state index >= 15 is 0 Å². The monoisotopic (exact) mass is 436 g/mol. The van der Waals surface area contributed by atoms with Crippen LogP contribution in [-0.2, 0) is 0 Å². The molecule has 0 saturated heterocycles. The van der Waals surface area contributed by atoms with Crippen LogP contribution in [0.25, 0.3) is 0 Å². The number of rotatable bonds is 8. The highest BCUT2D eigenvalue weighted by Gasteiger charge is 2.13. The summed E-state index contributed by atoms with van der Waals surface area (Å²) in [6.45, 7) is -0.672. The summed E-state index contributed by atoms with van der Waals surface area (Å²) in [4.78, 5) is 0. The maximum absolute atomic E-state index is 10.2. The van der Waals surface area contributed by atoms with Gasteiger partial charge in [-0.1, -0.05) is 0 Å². The van der Waals surface area contributed by atoms with E-state index in [4.69, 9.17) is 14.9 Å². The summed E-state index contributed by atoms with van der Waals surface area (Å²) in [6.07, 6.45) is 0.152. The lowest BCUT2D eigenvalue weighted by Crippen LogP contribution is -2.13. The minimum atomic E-state index is -0.939. The predicted octanol–water partition coefficient (Wildman–Crippen LogP) is 1.25. The highest BCUT2D eigenvalue weighted by atomic mass is 127. The fraction of sp³-hybridized carbons (Fsp3) is 0.438. The molecule has 0 aliphatic heterocycles. The standard InChI is InChI=1S/C16H21IO6/c1-23-15-7-11(6-13(17)16(15)22)14(21)4-2-3-10(8-18)5-12(20)9-19/h2,6-7,12,14,18-22H,4-5,8-9H2,1H3/t3?,12-,14-/m1/s1.